The highest BCUT2D eigenvalue weighted by Gasteiger charge is 2.57. The fraction of sp³-hybridized carbons (Fsp3) is 0.682. The number of aryl methyl sites for hydroxylation is 1. The number of carbonyl (C=O) groups is 1. The molecule has 0 unspecified atom stereocenters. The number of hydrogen-bond acceptors (Lipinski definition) is 5. The lowest BCUT2D eigenvalue weighted by atomic mass is 9.78. The predicted octanol–water partition coefficient (Wildman–Crippen LogP) is 3.10. The maximum Gasteiger partial charge on any atom is 0.252 e. The molecule has 1 aromatic rings. The van der Waals surface area contributed by atoms with E-state index in [0.29, 0.717) is 19.4 Å². The summed E-state index contributed by atoms with van der Waals surface area (Å²) < 4.78 is 24.3. The van der Waals surface area contributed by atoms with E-state index in [1.54, 1.807) is 7.11 Å². The zero-order valence-electron chi connectivity index (χ0n) is 17.8. The summed E-state index contributed by atoms with van der Waals surface area (Å²) in [5.74, 6) is -0.822. The second-order valence-corrected chi connectivity index (χ2v) is 8.66. The van der Waals surface area contributed by atoms with Crippen molar-refractivity contribution in [2.45, 2.75) is 89.8 Å². The van der Waals surface area contributed by atoms with Crippen LogP contribution in [0.3, 0.4) is 0 Å². The van der Waals surface area contributed by atoms with Gasteiger partial charge in [-0.2, -0.15) is 0 Å². The van der Waals surface area contributed by atoms with Crippen molar-refractivity contribution < 1.29 is 23.7 Å². The minimum atomic E-state index is -1.03. The van der Waals surface area contributed by atoms with Crippen molar-refractivity contribution >= 4 is 5.91 Å². The van der Waals surface area contributed by atoms with Gasteiger partial charge < -0.3 is 24.3 Å². The van der Waals surface area contributed by atoms with Crippen molar-refractivity contribution in [3.63, 3.8) is 0 Å². The van der Waals surface area contributed by atoms with E-state index in [0.717, 1.165) is 11.1 Å². The summed E-state index contributed by atoms with van der Waals surface area (Å²) in [6.07, 6.45) is 0.112. The monoisotopic (exact) mass is 391 g/mol. The lowest BCUT2D eigenvalue weighted by molar-refractivity contribution is -0.178. The van der Waals surface area contributed by atoms with E-state index in [4.69, 9.17) is 18.9 Å². The number of rotatable bonds is 6. The maximum absolute atomic E-state index is 13.3. The number of carbonyl (C=O) groups excluding carboxylic acids is 1. The van der Waals surface area contributed by atoms with Gasteiger partial charge in [-0.1, -0.05) is 24.3 Å². The van der Waals surface area contributed by atoms with Gasteiger partial charge in [0.05, 0.1) is 18.8 Å². The van der Waals surface area contributed by atoms with Crippen molar-refractivity contribution in [2.75, 3.05) is 7.11 Å². The molecule has 2 aliphatic rings. The number of hydrogen-bond donors (Lipinski definition) is 1. The van der Waals surface area contributed by atoms with Crippen LogP contribution in [0.15, 0.2) is 24.3 Å². The molecule has 6 nitrogen and oxygen atoms in total. The van der Waals surface area contributed by atoms with Crippen LogP contribution >= 0.6 is 0 Å². The zero-order valence-corrected chi connectivity index (χ0v) is 17.8. The van der Waals surface area contributed by atoms with Crippen LogP contribution in [0.1, 0.15) is 51.7 Å². The largest absolute Gasteiger partial charge is 0.379 e. The fourth-order valence-electron chi connectivity index (χ4n) is 4.15. The normalized spacial score (nSPS) is 31.6. The minimum Gasteiger partial charge on any atom is -0.379 e. The van der Waals surface area contributed by atoms with Gasteiger partial charge in [0.15, 0.2) is 11.4 Å². The highest BCUT2D eigenvalue weighted by molar-refractivity contribution is 5.85. The first-order valence-corrected chi connectivity index (χ1v) is 10.0. The Kier molecular flexibility index (Phi) is 6.15. The number of fused-ring (bicyclic) bond motifs is 1. The lowest BCUT2D eigenvalue weighted by Crippen LogP contribution is -2.60. The zero-order chi connectivity index (χ0) is 20.5. The van der Waals surface area contributed by atoms with Crippen molar-refractivity contribution in [3.8, 4) is 0 Å². The standard InChI is InChI=1S/C22H33NO5/c1-14(2)23-20(24)22(26-13-16-10-8-7-9-15(16)3)11-17(25-6)19-18(12-22)27-21(4,5)28-19/h7-10,14,17-19H,11-13H2,1-6H3,(H,23,24)/t17-,18+,19-,22+/m0/s1. The molecule has 1 amide bonds. The van der Waals surface area contributed by atoms with E-state index in [1.165, 1.54) is 0 Å². The molecular formula is C22H33NO5. The van der Waals surface area contributed by atoms with E-state index in [1.807, 2.05) is 58.9 Å². The fourth-order valence-corrected chi connectivity index (χ4v) is 4.15. The van der Waals surface area contributed by atoms with Crippen LogP contribution in [-0.4, -0.2) is 48.8 Å². The highest BCUT2D eigenvalue weighted by atomic mass is 16.8. The van der Waals surface area contributed by atoms with Crippen LogP contribution in [0, 0.1) is 6.92 Å². The van der Waals surface area contributed by atoms with Crippen LogP contribution in [0.25, 0.3) is 0 Å². The first kappa shape index (κ1) is 21.2. The molecule has 156 valence electrons. The molecule has 6 heteroatoms. The Morgan fingerprint density at radius 2 is 1.96 bits per heavy atom. The van der Waals surface area contributed by atoms with Crippen LogP contribution in [0.5, 0.6) is 0 Å². The quantitative estimate of drug-likeness (QED) is 0.807. The number of nitrogens with one attached hydrogen (secondary N) is 1. The summed E-state index contributed by atoms with van der Waals surface area (Å²) in [4.78, 5) is 13.3. The first-order valence-electron chi connectivity index (χ1n) is 10.0. The third-order valence-electron chi connectivity index (χ3n) is 5.55. The van der Waals surface area contributed by atoms with Gasteiger partial charge in [-0.25, -0.2) is 0 Å². The summed E-state index contributed by atoms with van der Waals surface area (Å²) in [5, 5.41) is 3.03. The van der Waals surface area contributed by atoms with Gasteiger partial charge in [-0.15, -0.1) is 0 Å². The van der Waals surface area contributed by atoms with E-state index in [9.17, 15) is 4.79 Å². The Hall–Kier alpha value is -1.47. The van der Waals surface area contributed by atoms with Crippen molar-refractivity contribution in [2.24, 2.45) is 0 Å². The van der Waals surface area contributed by atoms with E-state index in [-0.39, 0.29) is 30.3 Å². The molecule has 0 bridgehead atoms. The second kappa shape index (κ2) is 8.11. The Labute approximate surface area is 167 Å². The minimum absolute atomic E-state index is 0.0161. The summed E-state index contributed by atoms with van der Waals surface area (Å²) in [7, 11) is 1.65. The number of methoxy groups -OCH3 is 1. The molecular weight excluding hydrogens is 358 g/mol. The average Bonchev–Trinajstić information content (AvgIpc) is 2.93. The van der Waals surface area contributed by atoms with Gasteiger partial charge in [0, 0.05) is 26.0 Å². The molecule has 1 aliphatic carbocycles. The third-order valence-corrected chi connectivity index (χ3v) is 5.55. The smallest absolute Gasteiger partial charge is 0.252 e. The molecule has 2 fully saturated rings. The summed E-state index contributed by atoms with van der Waals surface area (Å²) in [6.45, 7) is 10.1. The average molecular weight is 392 g/mol. The molecule has 0 aromatic heterocycles. The lowest BCUT2D eigenvalue weighted by Gasteiger charge is -2.43. The molecule has 4 atom stereocenters. The van der Waals surface area contributed by atoms with Crippen molar-refractivity contribution in [1.29, 1.82) is 0 Å². The Morgan fingerprint density at radius 3 is 2.61 bits per heavy atom. The topological polar surface area (TPSA) is 66.0 Å². The van der Waals surface area contributed by atoms with E-state index < -0.39 is 11.4 Å². The highest BCUT2D eigenvalue weighted by Crippen LogP contribution is 2.44. The van der Waals surface area contributed by atoms with Crippen molar-refractivity contribution in [3.05, 3.63) is 35.4 Å². The number of benzene rings is 1. The van der Waals surface area contributed by atoms with Crippen LogP contribution in [-0.2, 0) is 30.3 Å². The first-order chi connectivity index (χ1) is 13.2. The maximum atomic E-state index is 13.3. The summed E-state index contributed by atoms with van der Waals surface area (Å²) >= 11 is 0. The van der Waals surface area contributed by atoms with Gasteiger partial charge >= 0.3 is 0 Å². The summed E-state index contributed by atoms with van der Waals surface area (Å²) in [5.41, 5.74) is 1.18. The molecule has 3 rings (SSSR count). The van der Waals surface area contributed by atoms with Gasteiger partial charge in [0.1, 0.15) is 6.10 Å². The molecule has 28 heavy (non-hydrogen) atoms. The Balaban J connectivity index is 1.88. The number of amides is 1. The molecule has 1 aromatic carbocycles. The molecule has 1 saturated heterocycles. The van der Waals surface area contributed by atoms with Crippen molar-refractivity contribution in [1.82, 2.24) is 5.32 Å². The molecule has 1 aliphatic heterocycles. The van der Waals surface area contributed by atoms with Crippen LogP contribution < -0.4 is 5.32 Å². The SMILES string of the molecule is CO[C@H]1C[C@](OCc2ccccc2C)(C(=O)NC(C)C)C[C@H]2OC(C)(C)O[C@@H]12. The molecule has 1 heterocycles. The summed E-state index contributed by atoms with van der Waals surface area (Å²) in [6, 6.07) is 8.07. The molecule has 0 spiro atoms. The molecule has 1 N–H and O–H groups in total. The predicted molar refractivity (Wildman–Crippen MR) is 106 cm³/mol. The third kappa shape index (κ3) is 4.40. The van der Waals surface area contributed by atoms with Gasteiger partial charge in [-0.05, 0) is 45.7 Å². The van der Waals surface area contributed by atoms with Gasteiger partial charge in [0.2, 0.25) is 0 Å². The second-order valence-electron chi connectivity index (χ2n) is 8.66. The Morgan fingerprint density at radius 1 is 1.25 bits per heavy atom. The van der Waals surface area contributed by atoms with E-state index >= 15 is 0 Å². The Bertz CT molecular complexity index is 704. The molecule has 0 radical (unpaired) electrons. The van der Waals surface area contributed by atoms with E-state index in [2.05, 4.69) is 5.32 Å². The van der Waals surface area contributed by atoms with Crippen LogP contribution in [0.2, 0.25) is 0 Å². The number of ether oxygens (including phenoxy) is 4. The van der Waals surface area contributed by atoms with Crippen LogP contribution in [0.4, 0.5) is 0 Å². The molecule has 1 saturated carbocycles. The van der Waals surface area contributed by atoms with Gasteiger partial charge in [0.25, 0.3) is 5.91 Å². The van der Waals surface area contributed by atoms with Gasteiger partial charge in [-0.3, -0.25) is 4.79 Å².